The Hall–Kier alpha value is -2.60. The Labute approximate surface area is 146 Å². The average Bonchev–Trinajstić information content (AvgIpc) is 3.19. The summed E-state index contributed by atoms with van der Waals surface area (Å²) in [7, 11) is 1.53. The highest BCUT2D eigenvalue weighted by molar-refractivity contribution is 5.97. The summed E-state index contributed by atoms with van der Waals surface area (Å²) in [6.07, 6.45) is 3.53. The van der Waals surface area contributed by atoms with E-state index in [4.69, 9.17) is 9.47 Å². The zero-order chi connectivity index (χ0) is 17.6. The zero-order valence-electron chi connectivity index (χ0n) is 14.2. The van der Waals surface area contributed by atoms with E-state index < -0.39 is 6.23 Å². The molecule has 0 radical (unpaired) electrons. The third-order valence-corrected chi connectivity index (χ3v) is 5.08. The molecule has 3 atom stereocenters. The molecule has 0 bridgehead atoms. The first kappa shape index (κ1) is 15.9. The molecule has 1 aliphatic carbocycles. The fraction of sp³-hybridized carbons (Fsp3) is 0.368. The number of benzene rings is 1. The molecule has 1 aromatic carbocycles. The van der Waals surface area contributed by atoms with E-state index in [0.717, 1.165) is 6.42 Å². The maximum atomic E-state index is 12.4. The van der Waals surface area contributed by atoms with E-state index in [1.807, 2.05) is 12.1 Å². The fourth-order valence-electron chi connectivity index (χ4n) is 3.84. The molecule has 0 spiro atoms. The second kappa shape index (κ2) is 6.04. The van der Waals surface area contributed by atoms with Crippen LogP contribution in [0, 0.1) is 5.92 Å². The highest BCUT2D eigenvalue weighted by atomic mass is 16.5. The van der Waals surface area contributed by atoms with Crippen LogP contribution in [0.3, 0.4) is 0 Å². The van der Waals surface area contributed by atoms with Gasteiger partial charge in [-0.3, -0.25) is 14.5 Å². The van der Waals surface area contributed by atoms with Crippen molar-refractivity contribution in [1.29, 1.82) is 0 Å². The molecule has 130 valence electrons. The van der Waals surface area contributed by atoms with E-state index in [9.17, 15) is 9.59 Å². The molecular weight excluding hydrogens is 320 g/mol. The van der Waals surface area contributed by atoms with Crippen LogP contribution in [0.2, 0.25) is 0 Å². The first-order valence-electron chi connectivity index (χ1n) is 8.32. The van der Waals surface area contributed by atoms with Gasteiger partial charge in [0.2, 0.25) is 0 Å². The van der Waals surface area contributed by atoms with Gasteiger partial charge in [0, 0.05) is 18.6 Å². The second-order valence-electron chi connectivity index (χ2n) is 6.60. The van der Waals surface area contributed by atoms with E-state index in [2.05, 4.69) is 17.4 Å². The molecule has 1 saturated heterocycles. The van der Waals surface area contributed by atoms with Gasteiger partial charge in [0.1, 0.15) is 6.73 Å². The molecule has 2 amide bonds. The lowest BCUT2D eigenvalue weighted by Gasteiger charge is -2.23. The van der Waals surface area contributed by atoms with Crippen LogP contribution in [0.25, 0.3) is 0 Å². The van der Waals surface area contributed by atoms with Gasteiger partial charge in [-0.2, -0.15) is 0 Å². The number of rotatable bonds is 4. The third kappa shape index (κ3) is 2.53. The Morgan fingerprint density at radius 3 is 2.92 bits per heavy atom. The summed E-state index contributed by atoms with van der Waals surface area (Å²) in [5.41, 5.74) is 3.68. The minimum absolute atomic E-state index is 0.0103. The van der Waals surface area contributed by atoms with E-state index >= 15 is 0 Å². The fourth-order valence-corrected chi connectivity index (χ4v) is 3.84. The van der Waals surface area contributed by atoms with Gasteiger partial charge >= 0.3 is 0 Å². The maximum absolute atomic E-state index is 12.4. The number of hydrogen-bond donors (Lipinski definition) is 1. The summed E-state index contributed by atoms with van der Waals surface area (Å²) < 4.78 is 10.9. The van der Waals surface area contributed by atoms with Crippen molar-refractivity contribution in [3.8, 4) is 0 Å². The SMILES string of the molecule is COCN1C(=O)C(C)=CC1OC=C1C(=O)NC2c3ccccc3CC12. The molecule has 0 saturated carbocycles. The van der Waals surface area contributed by atoms with Gasteiger partial charge in [-0.05, 0) is 30.5 Å². The first-order chi connectivity index (χ1) is 12.1. The number of nitrogens with zero attached hydrogens (tertiary/aromatic N) is 1. The van der Waals surface area contributed by atoms with Gasteiger partial charge in [-0.25, -0.2) is 0 Å². The highest BCUT2D eigenvalue weighted by Crippen LogP contribution is 2.44. The Balaban J connectivity index is 1.54. The number of carbonyl (C=O) groups excluding carboxylic acids is 2. The van der Waals surface area contributed by atoms with Crippen molar-refractivity contribution in [1.82, 2.24) is 10.2 Å². The average molecular weight is 340 g/mol. The topological polar surface area (TPSA) is 67.9 Å². The number of methoxy groups -OCH3 is 1. The zero-order valence-corrected chi connectivity index (χ0v) is 14.2. The monoisotopic (exact) mass is 340 g/mol. The van der Waals surface area contributed by atoms with Gasteiger partial charge in [-0.1, -0.05) is 24.3 Å². The largest absolute Gasteiger partial charge is 0.474 e. The van der Waals surface area contributed by atoms with E-state index in [-0.39, 0.29) is 30.5 Å². The van der Waals surface area contributed by atoms with Crippen LogP contribution in [0.1, 0.15) is 24.1 Å². The molecule has 6 nitrogen and oxygen atoms in total. The van der Waals surface area contributed by atoms with Crippen LogP contribution in [0.15, 0.2) is 47.7 Å². The van der Waals surface area contributed by atoms with Crippen molar-refractivity contribution in [3.63, 3.8) is 0 Å². The maximum Gasteiger partial charge on any atom is 0.254 e. The summed E-state index contributed by atoms with van der Waals surface area (Å²) in [6, 6.07) is 8.18. The predicted molar refractivity (Wildman–Crippen MR) is 90.0 cm³/mol. The minimum atomic E-state index is -0.546. The summed E-state index contributed by atoms with van der Waals surface area (Å²) in [6.45, 7) is 1.89. The molecule has 1 fully saturated rings. The molecule has 4 rings (SSSR count). The number of fused-ring (bicyclic) bond motifs is 3. The number of ether oxygens (including phenoxy) is 2. The van der Waals surface area contributed by atoms with Crippen LogP contribution < -0.4 is 5.32 Å². The van der Waals surface area contributed by atoms with E-state index in [1.165, 1.54) is 29.4 Å². The van der Waals surface area contributed by atoms with Crippen molar-refractivity contribution in [2.75, 3.05) is 13.8 Å². The van der Waals surface area contributed by atoms with Crippen molar-refractivity contribution in [3.05, 3.63) is 58.9 Å². The standard InChI is InChI=1S/C19H20N2O4/c1-11-7-16(21(10-24-2)19(11)23)25-9-15-14-8-12-5-3-4-6-13(12)17(14)20-18(15)22/h3-7,9,14,16-17H,8,10H2,1-2H3,(H,20,22). The minimum Gasteiger partial charge on any atom is -0.474 e. The Morgan fingerprint density at radius 2 is 2.12 bits per heavy atom. The molecule has 6 heteroatoms. The highest BCUT2D eigenvalue weighted by Gasteiger charge is 2.44. The van der Waals surface area contributed by atoms with E-state index in [1.54, 1.807) is 13.0 Å². The number of amides is 2. The van der Waals surface area contributed by atoms with Gasteiger partial charge in [0.05, 0.1) is 17.9 Å². The molecular formula is C19H20N2O4. The quantitative estimate of drug-likeness (QED) is 0.668. The Bertz CT molecular complexity index is 798. The smallest absolute Gasteiger partial charge is 0.254 e. The lowest BCUT2D eigenvalue weighted by molar-refractivity contribution is -0.139. The van der Waals surface area contributed by atoms with Crippen molar-refractivity contribution in [2.24, 2.45) is 5.92 Å². The van der Waals surface area contributed by atoms with Gasteiger partial charge in [0.25, 0.3) is 11.8 Å². The summed E-state index contributed by atoms with van der Waals surface area (Å²) in [5, 5.41) is 3.04. The molecule has 25 heavy (non-hydrogen) atoms. The molecule has 1 N–H and O–H groups in total. The number of carbonyl (C=O) groups is 2. The van der Waals surface area contributed by atoms with Crippen molar-refractivity contribution in [2.45, 2.75) is 25.6 Å². The molecule has 0 aromatic heterocycles. The van der Waals surface area contributed by atoms with Crippen LogP contribution in [0.5, 0.6) is 0 Å². The Kier molecular flexibility index (Phi) is 3.84. The van der Waals surface area contributed by atoms with Gasteiger partial charge in [0.15, 0.2) is 6.23 Å². The third-order valence-electron chi connectivity index (χ3n) is 5.08. The van der Waals surface area contributed by atoms with Crippen molar-refractivity contribution >= 4 is 11.8 Å². The molecule has 1 aromatic rings. The summed E-state index contributed by atoms with van der Waals surface area (Å²) in [5.74, 6) is -0.150. The van der Waals surface area contributed by atoms with Gasteiger partial charge in [-0.15, -0.1) is 0 Å². The van der Waals surface area contributed by atoms with Gasteiger partial charge < -0.3 is 14.8 Å². The van der Waals surface area contributed by atoms with E-state index in [0.29, 0.717) is 11.1 Å². The van der Waals surface area contributed by atoms with Crippen LogP contribution in [-0.4, -0.2) is 36.8 Å². The van der Waals surface area contributed by atoms with Crippen molar-refractivity contribution < 1.29 is 19.1 Å². The van der Waals surface area contributed by atoms with Crippen LogP contribution in [-0.2, 0) is 25.5 Å². The van der Waals surface area contributed by atoms with Crippen LogP contribution in [0.4, 0.5) is 0 Å². The molecule has 2 heterocycles. The number of nitrogens with one attached hydrogen (secondary N) is 1. The normalized spacial score (nSPS) is 28.9. The second-order valence-corrected chi connectivity index (χ2v) is 6.60. The summed E-state index contributed by atoms with van der Waals surface area (Å²) >= 11 is 0. The molecule has 3 unspecified atom stereocenters. The predicted octanol–water partition coefficient (Wildman–Crippen LogP) is 1.65. The van der Waals surface area contributed by atoms with Crippen LogP contribution >= 0.6 is 0 Å². The lowest BCUT2D eigenvalue weighted by Crippen LogP contribution is -2.37. The molecule has 3 aliphatic rings. The first-order valence-corrected chi connectivity index (χ1v) is 8.32. The molecule has 2 aliphatic heterocycles. The lowest BCUT2D eigenvalue weighted by atomic mass is 9.97. The number of hydrogen-bond acceptors (Lipinski definition) is 4. The Morgan fingerprint density at radius 1 is 1.32 bits per heavy atom. The summed E-state index contributed by atoms with van der Waals surface area (Å²) in [4.78, 5) is 25.9.